The lowest BCUT2D eigenvalue weighted by molar-refractivity contribution is -0.118. The van der Waals surface area contributed by atoms with Gasteiger partial charge in [0.25, 0.3) is 0 Å². The average molecular weight is 397 g/mol. The van der Waals surface area contributed by atoms with Gasteiger partial charge in [0.1, 0.15) is 0 Å². The van der Waals surface area contributed by atoms with Crippen molar-refractivity contribution in [2.45, 2.75) is 45.6 Å². The van der Waals surface area contributed by atoms with Crippen LogP contribution in [0.3, 0.4) is 0 Å². The van der Waals surface area contributed by atoms with E-state index in [1.54, 1.807) is 0 Å². The third kappa shape index (κ3) is 6.46. The van der Waals surface area contributed by atoms with Crippen LogP contribution in [0.1, 0.15) is 44.6 Å². The highest BCUT2D eigenvalue weighted by atomic mass is 35.5. The minimum absolute atomic E-state index is 0. The Morgan fingerprint density at radius 3 is 2.78 bits per heavy atom. The van der Waals surface area contributed by atoms with Gasteiger partial charge in [-0.25, -0.2) is 0 Å². The molecule has 1 saturated carbocycles. The van der Waals surface area contributed by atoms with Crippen LogP contribution < -0.4 is 10.6 Å². The number of hydrogen-bond donors (Lipinski definition) is 2. The molecule has 0 aromatic heterocycles. The van der Waals surface area contributed by atoms with E-state index in [0.29, 0.717) is 19.8 Å². The van der Waals surface area contributed by atoms with E-state index in [0.717, 1.165) is 63.1 Å². The largest absolute Gasteiger partial charge is 0.379 e. The third-order valence-corrected chi connectivity index (χ3v) is 5.58. The molecule has 0 radical (unpaired) electrons. The van der Waals surface area contributed by atoms with Gasteiger partial charge < -0.3 is 20.1 Å². The second kappa shape index (κ2) is 11.0. The fourth-order valence-electron chi connectivity index (χ4n) is 3.82. The van der Waals surface area contributed by atoms with Gasteiger partial charge in [0.15, 0.2) is 0 Å². The normalized spacial score (nSPS) is 20.1. The van der Waals surface area contributed by atoms with Gasteiger partial charge >= 0.3 is 0 Å². The molecule has 1 aliphatic carbocycles. The molecule has 152 valence electrons. The van der Waals surface area contributed by atoms with E-state index in [-0.39, 0.29) is 29.6 Å². The van der Waals surface area contributed by atoms with Crippen LogP contribution in [-0.4, -0.2) is 38.8 Å². The Labute approximate surface area is 169 Å². The van der Waals surface area contributed by atoms with Crippen molar-refractivity contribution in [1.29, 1.82) is 0 Å². The van der Waals surface area contributed by atoms with Crippen molar-refractivity contribution < 1.29 is 14.3 Å². The molecule has 2 N–H and O–H groups in total. The van der Waals surface area contributed by atoms with Gasteiger partial charge in [0.05, 0.1) is 19.8 Å². The summed E-state index contributed by atoms with van der Waals surface area (Å²) >= 11 is 0. The fourth-order valence-corrected chi connectivity index (χ4v) is 3.82. The molecule has 2 fully saturated rings. The minimum atomic E-state index is 0. The second-order valence-electron chi connectivity index (χ2n) is 7.58. The number of carbonyl (C=O) groups excluding carboxylic acids is 1. The molecular weight excluding hydrogens is 364 g/mol. The number of carbonyl (C=O) groups is 1. The molecule has 1 spiro atoms. The predicted molar refractivity (Wildman–Crippen MR) is 110 cm³/mol. The first-order valence-corrected chi connectivity index (χ1v) is 9.99. The van der Waals surface area contributed by atoms with Crippen LogP contribution in [-0.2, 0) is 20.9 Å². The van der Waals surface area contributed by atoms with Crippen molar-refractivity contribution in [2.75, 3.05) is 38.2 Å². The molecule has 1 unspecified atom stereocenters. The van der Waals surface area contributed by atoms with E-state index in [1.807, 2.05) is 24.3 Å². The molecule has 5 nitrogen and oxygen atoms in total. The molecular formula is C21H33ClN2O3. The highest BCUT2D eigenvalue weighted by Crippen LogP contribution is 2.58. The monoisotopic (exact) mass is 396 g/mol. The molecule has 1 heterocycles. The van der Waals surface area contributed by atoms with Crippen molar-refractivity contribution >= 4 is 24.0 Å². The Morgan fingerprint density at radius 1 is 1.22 bits per heavy atom. The summed E-state index contributed by atoms with van der Waals surface area (Å²) in [6, 6.07) is 7.96. The Hall–Kier alpha value is -1.14. The molecule has 1 aliphatic heterocycles. The summed E-state index contributed by atoms with van der Waals surface area (Å²) in [7, 11) is 0. The second-order valence-corrected chi connectivity index (χ2v) is 7.58. The predicted octanol–water partition coefficient (Wildman–Crippen LogP) is 3.77. The molecule has 6 heteroatoms. The number of benzene rings is 1. The Bertz CT molecular complexity index is 591. The smallest absolute Gasteiger partial charge is 0.228 e. The van der Waals surface area contributed by atoms with Gasteiger partial charge in [-0.05, 0) is 61.9 Å². The first kappa shape index (κ1) is 22.2. The Kier molecular flexibility index (Phi) is 9.03. The summed E-state index contributed by atoms with van der Waals surface area (Å²) in [5.74, 6) is 0.360. The van der Waals surface area contributed by atoms with E-state index >= 15 is 0 Å². The van der Waals surface area contributed by atoms with Crippen LogP contribution in [0.15, 0.2) is 24.3 Å². The fraction of sp³-hybridized carbons (Fsp3) is 0.667. The van der Waals surface area contributed by atoms with E-state index in [1.165, 1.54) is 0 Å². The van der Waals surface area contributed by atoms with E-state index < -0.39 is 0 Å². The van der Waals surface area contributed by atoms with Crippen molar-refractivity contribution in [3.8, 4) is 0 Å². The topological polar surface area (TPSA) is 59.6 Å². The molecule has 1 aromatic carbocycles. The zero-order valence-electron chi connectivity index (χ0n) is 16.3. The summed E-state index contributed by atoms with van der Waals surface area (Å²) in [5, 5.41) is 6.48. The number of unbranched alkanes of at least 4 members (excludes halogenated alkanes) is 1. The van der Waals surface area contributed by atoms with Crippen LogP contribution in [0.4, 0.5) is 5.69 Å². The van der Waals surface area contributed by atoms with Gasteiger partial charge in [-0.15, -0.1) is 12.4 Å². The van der Waals surface area contributed by atoms with E-state index in [4.69, 9.17) is 9.47 Å². The summed E-state index contributed by atoms with van der Waals surface area (Å²) in [4.78, 5) is 12.6. The maximum absolute atomic E-state index is 12.6. The summed E-state index contributed by atoms with van der Waals surface area (Å²) in [6.07, 6.45) is 5.54. The SMILES string of the molecule is CCCCOCCOCc1cccc(NC(=O)C2CC23CCNCC3)c1.Cl. The third-order valence-electron chi connectivity index (χ3n) is 5.58. The van der Waals surface area contributed by atoms with Crippen LogP contribution in [0, 0.1) is 11.3 Å². The molecule has 2 aliphatic rings. The van der Waals surface area contributed by atoms with Gasteiger partial charge in [-0.2, -0.15) is 0 Å². The number of ether oxygens (including phenoxy) is 2. The zero-order chi connectivity index (χ0) is 18.2. The van der Waals surface area contributed by atoms with E-state index in [2.05, 4.69) is 17.6 Å². The quantitative estimate of drug-likeness (QED) is 0.591. The van der Waals surface area contributed by atoms with Crippen LogP contribution in [0.25, 0.3) is 0 Å². The van der Waals surface area contributed by atoms with Crippen LogP contribution in [0.2, 0.25) is 0 Å². The first-order chi connectivity index (χ1) is 12.7. The van der Waals surface area contributed by atoms with Crippen LogP contribution in [0.5, 0.6) is 0 Å². The lowest BCUT2D eigenvalue weighted by Gasteiger charge is -2.23. The van der Waals surface area contributed by atoms with Crippen molar-refractivity contribution in [3.63, 3.8) is 0 Å². The number of amides is 1. The molecule has 1 aromatic rings. The molecule has 1 amide bonds. The van der Waals surface area contributed by atoms with Crippen molar-refractivity contribution in [2.24, 2.45) is 11.3 Å². The number of piperidine rings is 1. The maximum Gasteiger partial charge on any atom is 0.228 e. The number of halogens is 1. The standard InChI is InChI=1S/C21H32N2O3.ClH/c1-2-3-11-25-12-13-26-16-17-5-4-6-18(14-17)23-20(24)19-15-21(19)7-9-22-10-8-21;/h4-6,14,19,22H,2-3,7-13,15-16H2,1H3,(H,23,24);1H. The summed E-state index contributed by atoms with van der Waals surface area (Å²) in [5.41, 5.74) is 2.21. The summed E-state index contributed by atoms with van der Waals surface area (Å²) in [6.45, 7) is 6.81. The van der Waals surface area contributed by atoms with Gasteiger partial charge in [-0.3, -0.25) is 4.79 Å². The van der Waals surface area contributed by atoms with Gasteiger partial charge in [0, 0.05) is 18.2 Å². The number of nitrogens with one attached hydrogen (secondary N) is 2. The highest BCUT2D eigenvalue weighted by Gasteiger charge is 2.57. The van der Waals surface area contributed by atoms with E-state index in [9.17, 15) is 4.79 Å². The molecule has 3 rings (SSSR count). The highest BCUT2D eigenvalue weighted by molar-refractivity contribution is 5.95. The van der Waals surface area contributed by atoms with Crippen molar-refractivity contribution in [1.82, 2.24) is 5.32 Å². The maximum atomic E-state index is 12.6. The lowest BCUT2D eigenvalue weighted by Crippen LogP contribution is -2.31. The Balaban J connectivity index is 0.00000261. The van der Waals surface area contributed by atoms with Gasteiger partial charge in [-0.1, -0.05) is 25.5 Å². The minimum Gasteiger partial charge on any atom is -0.379 e. The Morgan fingerprint density at radius 2 is 2.00 bits per heavy atom. The van der Waals surface area contributed by atoms with Crippen LogP contribution >= 0.6 is 12.4 Å². The first-order valence-electron chi connectivity index (χ1n) is 9.99. The zero-order valence-corrected chi connectivity index (χ0v) is 17.1. The molecule has 1 saturated heterocycles. The number of rotatable bonds is 10. The average Bonchev–Trinajstić information content (AvgIpc) is 3.35. The molecule has 27 heavy (non-hydrogen) atoms. The molecule has 0 bridgehead atoms. The van der Waals surface area contributed by atoms with Crippen molar-refractivity contribution in [3.05, 3.63) is 29.8 Å². The lowest BCUT2D eigenvalue weighted by atomic mass is 9.92. The number of anilines is 1. The molecule has 1 atom stereocenters. The number of hydrogen-bond acceptors (Lipinski definition) is 4. The van der Waals surface area contributed by atoms with Gasteiger partial charge in [0.2, 0.25) is 5.91 Å². The summed E-state index contributed by atoms with van der Waals surface area (Å²) < 4.78 is 11.2.